The number of hydrogen-bond donors (Lipinski definition) is 2. The van der Waals surface area contributed by atoms with Crippen molar-refractivity contribution in [3.8, 4) is 0 Å². The second kappa shape index (κ2) is 5.74. The number of anilines is 2. The van der Waals surface area contributed by atoms with Crippen LogP contribution in [0.3, 0.4) is 0 Å². The first kappa shape index (κ1) is 14.1. The van der Waals surface area contributed by atoms with Crippen molar-refractivity contribution in [2.24, 2.45) is 5.92 Å². The Balaban J connectivity index is 2.05. The molecule has 1 aliphatic rings. The van der Waals surface area contributed by atoms with E-state index in [1.165, 1.54) is 32.0 Å². The van der Waals surface area contributed by atoms with Gasteiger partial charge >= 0.3 is 0 Å². The Bertz CT molecular complexity index is 420. The minimum atomic E-state index is 0.220. The topological polar surface area (TPSA) is 67.1 Å². The van der Waals surface area contributed by atoms with Crippen molar-refractivity contribution in [3.05, 3.63) is 12.4 Å². The summed E-state index contributed by atoms with van der Waals surface area (Å²) in [7, 11) is 4.35. The summed E-state index contributed by atoms with van der Waals surface area (Å²) >= 11 is 0. The van der Waals surface area contributed by atoms with Crippen molar-refractivity contribution in [1.29, 1.82) is 0 Å². The molecule has 1 aromatic heterocycles. The highest BCUT2D eigenvalue weighted by molar-refractivity contribution is 5.43. The minimum absolute atomic E-state index is 0.220. The van der Waals surface area contributed by atoms with E-state index in [1.54, 1.807) is 6.07 Å². The highest BCUT2D eigenvalue weighted by atomic mass is 15.2. The predicted octanol–water partition coefficient (Wildman–Crippen LogP) is 1.98. The molecule has 0 saturated heterocycles. The van der Waals surface area contributed by atoms with E-state index in [0.717, 1.165) is 18.3 Å². The SMILES string of the molecule is CC1CCCC(CNc2cc(N)ncn2)(N(C)C)C1. The van der Waals surface area contributed by atoms with Crippen molar-refractivity contribution in [1.82, 2.24) is 14.9 Å². The van der Waals surface area contributed by atoms with Crippen LogP contribution in [0.5, 0.6) is 0 Å². The van der Waals surface area contributed by atoms with Gasteiger partial charge in [-0.05, 0) is 32.9 Å². The summed E-state index contributed by atoms with van der Waals surface area (Å²) in [5.74, 6) is 2.11. The average molecular weight is 263 g/mol. The van der Waals surface area contributed by atoms with Gasteiger partial charge in [-0.1, -0.05) is 19.8 Å². The zero-order valence-electron chi connectivity index (χ0n) is 12.2. The second-order valence-corrected chi connectivity index (χ2v) is 6.00. The highest BCUT2D eigenvalue weighted by Gasteiger charge is 2.36. The van der Waals surface area contributed by atoms with E-state index in [2.05, 4.69) is 41.2 Å². The third-order valence-corrected chi connectivity index (χ3v) is 4.30. The normalized spacial score (nSPS) is 27.5. The molecule has 19 heavy (non-hydrogen) atoms. The minimum Gasteiger partial charge on any atom is -0.384 e. The Hall–Kier alpha value is -1.36. The molecular weight excluding hydrogens is 238 g/mol. The lowest BCUT2D eigenvalue weighted by atomic mass is 9.75. The van der Waals surface area contributed by atoms with Gasteiger partial charge in [0.15, 0.2) is 0 Å². The van der Waals surface area contributed by atoms with Gasteiger partial charge in [-0.15, -0.1) is 0 Å². The van der Waals surface area contributed by atoms with E-state index in [4.69, 9.17) is 5.73 Å². The van der Waals surface area contributed by atoms with Crippen molar-refractivity contribution in [2.45, 2.75) is 38.1 Å². The summed E-state index contributed by atoms with van der Waals surface area (Å²) in [6.45, 7) is 3.25. The van der Waals surface area contributed by atoms with Crippen LogP contribution in [-0.4, -0.2) is 41.0 Å². The smallest absolute Gasteiger partial charge is 0.131 e. The molecule has 5 nitrogen and oxygen atoms in total. The fourth-order valence-corrected chi connectivity index (χ4v) is 3.08. The number of aromatic nitrogens is 2. The van der Waals surface area contributed by atoms with E-state index in [-0.39, 0.29) is 5.54 Å². The third kappa shape index (κ3) is 3.35. The summed E-state index contributed by atoms with van der Waals surface area (Å²) in [6, 6.07) is 1.79. The number of hydrogen-bond acceptors (Lipinski definition) is 5. The van der Waals surface area contributed by atoms with E-state index in [9.17, 15) is 0 Å². The van der Waals surface area contributed by atoms with Crippen LogP contribution in [-0.2, 0) is 0 Å². The first-order valence-corrected chi connectivity index (χ1v) is 7.01. The highest BCUT2D eigenvalue weighted by Crippen LogP contribution is 2.35. The molecule has 1 aliphatic carbocycles. The fraction of sp³-hybridized carbons (Fsp3) is 0.714. The summed E-state index contributed by atoms with van der Waals surface area (Å²) < 4.78 is 0. The number of nitrogens with zero attached hydrogens (tertiary/aromatic N) is 3. The van der Waals surface area contributed by atoms with Crippen molar-refractivity contribution >= 4 is 11.6 Å². The van der Waals surface area contributed by atoms with Crippen LogP contribution in [0, 0.1) is 5.92 Å². The van der Waals surface area contributed by atoms with Gasteiger partial charge in [0.05, 0.1) is 0 Å². The molecule has 0 bridgehead atoms. The Kier molecular flexibility index (Phi) is 4.24. The van der Waals surface area contributed by atoms with E-state index >= 15 is 0 Å². The standard InChI is InChI=1S/C14H25N5/c1-11-5-4-6-14(8-11,19(2)3)9-16-13-7-12(15)17-10-18-13/h7,10-11H,4-6,8-9H2,1-3H3,(H3,15,16,17,18). The zero-order chi connectivity index (χ0) is 13.9. The van der Waals surface area contributed by atoms with Gasteiger partial charge in [0.2, 0.25) is 0 Å². The van der Waals surface area contributed by atoms with Gasteiger partial charge in [0.25, 0.3) is 0 Å². The molecule has 1 aromatic rings. The summed E-state index contributed by atoms with van der Waals surface area (Å²) in [6.07, 6.45) is 6.61. The number of nitrogens with two attached hydrogens (primary N) is 1. The van der Waals surface area contributed by atoms with Gasteiger partial charge < -0.3 is 16.0 Å². The molecule has 1 fully saturated rings. The maximum atomic E-state index is 5.68. The molecular formula is C14H25N5. The lowest BCUT2D eigenvalue weighted by Crippen LogP contribution is -2.52. The maximum absolute atomic E-state index is 5.68. The fourth-order valence-electron chi connectivity index (χ4n) is 3.08. The predicted molar refractivity (Wildman–Crippen MR) is 79.0 cm³/mol. The summed E-state index contributed by atoms with van der Waals surface area (Å²) in [5.41, 5.74) is 5.90. The zero-order valence-corrected chi connectivity index (χ0v) is 12.2. The molecule has 0 aliphatic heterocycles. The Morgan fingerprint density at radius 3 is 2.89 bits per heavy atom. The third-order valence-electron chi connectivity index (χ3n) is 4.30. The van der Waals surface area contributed by atoms with E-state index in [1.807, 2.05) is 0 Å². The molecule has 2 rings (SSSR count). The molecule has 0 radical (unpaired) electrons. The molecule has 5 heteroatoms. The molecule has 3 N–H and O–H groups in total. The van der Waals surface area contributed by atoms with Crippen LogP contribution < -0.4 is 11.1 Å². The summed E-state index contributed by atoms with van der Waals surface area (Å²) in [4.78, 5) is 10.5. The second-order valence-electron chi connectivity index (χ2n) is 6.00. The molecule has 0 amide bonds. The van der Waals surface area contributed by atoms with Crippen molar-refractivity contribution in [2.75, 3.05) is 31.7 Å². The Morgan fingerprint density at radius 2 is 2.26 bits per heavy atom. The van der Waals surface area contributed by atoms with Crippen LogP contribution in [0.2, 0.25) is 0 Å². The molecule has 2 atom stereocenters. The first-order chi connectivity index (χ1) is 9.02. The quantitative estimate of drug-likeness (QED) is 0.869. The van der Waals surface area contributed by atoms with Gasteiger partial charge in [-0.3, -0.25) is 0 Å². The van der Waals surface area contributed by atoms with Crippen LogP contribution in [0.4, 0.5) is 11.6 Å². The maximum Gasteiger partial charge on any atom is 0.131 e. The van der Waals surface area contributed by atoms with Gasteiger partial charge in [-0.25, -0.2) is 9.97 Å². The van der Waals surface area contributed by atoms with Gasteiger partial charge in [0, 0.05) is 18.2 Å². The first-order valence-electron chi connectivity index (χ1n) is 7.01. The Morgan fingerprint density at radius 1 is 1.47 bits per heavy atom. The van der Waals surface area contributed by atoms with Gasteiger partial charge in [0.1, 0.15) is 18.0 Å². The molecule has 106 valence electrons. The van der Waals surface area contributed by atoms with Crippen LogP contribution in [0.15, 0.2) is 12.4 Å². The van der Waals surface area contributed by atoms with Gasteiger partial charge in [-0.2, -0.15) is 0 Å². The molecule has 0 spiro atoms. The molecule has 1 heterocycles. The Labute approximate surface area is 115 Å². The van der Waals surface area contributed by atoms with Crippen LogP contribution in [0.1, 0.15) is 32.6 Å². The van der Waals surface area contributed by atoms with Crippen molar-refractivity contribution < 1.29 is 0 Å². The van der Waals surface area contributed by atoms with Crippen LogP contribution in [0.25, 0.3) is 0 Å². The number of rotatable bonds is 4. The largest absolute Gasteiger partial charge is 0.384 e. The van der Waals surface area contributed by atoms with Crippen LogP contribution >= 0.6 is 0 Å². The lowest BCUT2D eigenvalue weighted by Gasteiger charge is -2.45. The number of nitrogens with one attached hydrogen (secondary N) is 1. The molecule has 0 aromatic carbocycles. The molecule has 1 saturated carbocycles. The average Bonchev–Trinajstić information content (AvgIpc) is 2.36. The van der Waals surface area contributed by atoms with E-state index in [0.29, 0.717) is 5.82 Å². The molecule has 2 unspecified atom stereocenters. The van der Waals surface area contributed by atoms with Crippen molar-refractivity contribution in [3.63, 3.8) is 0 Å². The number of nitrogen functional groups attached to an aromatic ring is 1. The van der Waals surface area contributed by atoms with E-state index < -0.39 is 0 Å². The lowest BCUT2D eigenvalue weighted by molar-refractivity contribution is 0.0881. The monoisotopic (exact) mass is 263 g/mol. The summed E-state index contributed by atoms with van der Waals surface area (Å²) in [5, 5.41) is 3.43. The number of likely N-dealkylation sites (N-methyl/N-ethyl adjacent to an activating group) is 1.